The Kier molecular flexibility index (Phi) is 5.42. The lowest BCUT2D eigenvalue weighted by Crippen LogP contribution is -2.38. The van der Waals surface area contributed by atoms with Crippen LogP contribution in [0.4, 0.5) is 11.9 Å². The van der Waals surface area contributed by atoms with Gasteiger partial charge in [0.05, 0.1) is 24.5 Å². The molecule has 4 rings (SSSR count). The van der Waals surface area contributed by atoms with Gasteiger partial charge in [-0.2, -0.15) is 15.0 Å². The highest BCUT2D eigenvalue weighted by Crippen LogP contribution is 2.24. The fourth-order valence-corrected chi connectivity index (χ4v) is 3.59. The van der Waals surface area contributed by atoms with E-state index < -0.39 is 0 Å². The van der Waals surface area contributed by atoms with E-state index in [0.29, 0.717) is 19.0 Å². The second-order valence-electron chi connectivity index (χ2n) is 7.18. The van der Waals surface area contributed by atoms with E-state index >= 15 is 0 Å². The van der Waals surface area contributed by atoms with Crippen LogP contribution >= 0.6 is 0 Å². The number of hydrogen-bond acceptors (Lipinski definition) is 8. The molecule has 0 amide bonds. The van der Waals surface area contributed by atoms with Gasteiger partial charge in [0.2, 0.25) is 11.9 Å². The number of rotatable bonds is 3. The summed E-state index contributed by atoms with van der Waals surface area (Å²) in [6, 6.07) is 0. The summed E-state index contributed by atoms with van der Waals surface area (Å²) in [7, 11) is 0. The molecule has 144 valence electrons. The Bertz CT molecular complexity index is 784. The highest BCUT2D eigenvalue weighted by molar-refractivity contribution is 5.60. The van der Waals surface area contributed by atoms with Gasteiger partial charge in [-0.25, -0.2) is 9.97 Å². The molecular formula is C19H27N7O. The molecule has 2 saturated heterocycles. The van der Waals surface area contributed by atoms with Crippen molar-refractivity contribution < 1.29 is 4.74 Å². The average molecular weight is 369 g/mol. The number of hydrogen-bond donors (Lipinski definition) is 0. The molecule has 2 fully saturated rings. The van der Waals surface area contributed by atoms with E-state index in [0.717, 1.165) is 55.2 Å². The van der Waals surface area contributed by atoms with Crippen molar-refractivity contribution in [3.05, 3.63) is 17.7 Å². The van der Waals surface area contributed by atoms with E-state index in [4.69, 9.17) is 19.7 Å². The van der Waals surface area contributed by atoms with Crippen LogP contribution in [-0.4, -0.2) is 64.3 Å². The van der Waals surface area contributed by atoms with Crippen LogP contribution in [0.25, 0.3) is 11.4 Å². The van der Waals surface area contributed by atoms with E-state index in [1.807, 2.05) is 20.0 Å². The third-order valence-corrected chi connectivity index (χ3v) is 5.14. The third kappa shape index (κ3) is 4.16. The van der Waals surface area contributed by atoms with Crippen molar-refractivity contribution in [3.8, 4) is 11.4 Å². The van der Waals surface area contributed by atoms with Gasteiger partial charge in [0.1, 0.15) is 5.82 Å². The van der Waals surface area contributed by atoms with Crippen molar-refractivity contribution in [1.29, 1.82) is 0 Å². The van der Waals surface area contributed by atoms with E-state index in [-0.39, 0.29) is 0 Å². The minimum Gasteiger partial charge on any atom is -0.378 e. The van der Waals surface area contributed by atoms with Crippen molar-refractivity contribution in [2.24, 2.45) is 0 Å². The minimum atomic E-state index is 0.656. The Morgan fingerprint density at radius 2 is 1.41 bits per heavy atom. The van der Waals surface area contributed by atoms with Crippen LogP contribution in [0, 0.1) is 13.8 Å². The molecular weight excluding hydrogens is 342 g/mol. The van der Waals surface area contributed by atoms with E-state index in [2.05, 4.69) is 19.8 Å². The first-order valence-electron chi connectivity index (χ1n) is 9.85. The molecule has 0 radical (unpaired) electrons. The summed E-state index contributed by atoms with van der Waals surface area (Å²) >= 11 is 0. The first-order chi connectivity index (χ1) is 13.2. The number of aryl methyl sites for hydroxylation is 2. The van der Waals surface area contributed by atoms with Crippen LogP contribution in [0.15, 0.2) is 6.20 Å². The zero-order valence-electron chi connectivity index (χ0n) is 16.2. The van der Waals surface area contributed by atoms with Crippen molar-refractivity contribution >= 4 is 11.9 Å². The summed E-state index contributed by atoms with van der Waals surface area (Å²) in [6.07, 6.45) is 6.73. The van der Waals surface area contributed by atoms with Gasteiger partial charge >= 0.3 is 0 Å². The van der Waals surface area contributed by atoms with Crippen LogP contribution in [0.3, 0.4) is 0 Å². The molecule has 8 heteroatoms. The van der Waals surface area contributed by atoms with Gasteiger partial charge in [0.25, 0.3) is 0 Å². The molecule has 2 aliphatic rings. The minimum absolute atomic E-state index is 0.656. The Morgan fingerprint density at radius 1 is 0.778 bits per heavy atom. The first kappa shape index (κ1) is 18.0. The summed E-state index contributed by atoms with van der Waals surface area (Å²) in [5.41, 5.74) is 1.76. The van der Waals surface area contributed by atoms with E-state index in [9.17, 15) is 0 Å². The van der Waals surface area contributed by atoms with Crippen molar-refractivity contribution in [2.45, 2.75) is 39.5 Å². The Labute approximate surface area is 160 Å². The van der Waals surface area contributed by atoms with Crippen LogP contribution in [-0.2, 0) is 4.74 Å². The van der Waals surface area contributed by atoms with Gasteiger partial charge in [0, 0.05) is 32.4 Å². The summed E-state index contributed by atoms with van der Waals surface area (Å²) in [4.78, 5) is 27.8. The van der Waals surface area contributed by atoms with Gasteiger partial charge in [0.15, 0.2) is 5.82 Å². The first-order valence-corrected chi connectivity index (χ1v) is 9.85. The fourth-order valence-electron chi connectivity index (χ4n) is 3.59. The smallest absolute Gasteiger partial charge is 0.230 e. The summed E-state index contributed by atoms with van der Waals surface area (Å²) in [5.74, 6) is 2.90. The van der Waals surface area contributed by atoms with Gasteiger partial charge in [-0.3, -0.25) is 0 Å². The zero-order valence-corrected chi connectivity index (χ0v) is 16.2. The molecule has 0 unspecified atom stereocenters. The van der Waals surface area contributed by atoms with Gasteiger partial charge in [-0.15, -0.1) is 0 Å². The monoisotopic (exact) mass is 369 g/mol. The molecule has 4 heterocycles. The number of aromatic nitrogens is 5. The van der Waals surface area contributed by atoms with Crippen molar-refractivity contribution in [3.63, 3.8) is 0 Å². The van der Waals surface area contributed by atoms with Crippen LogP contribution < -0.4 is 9.80 Å². The van der Waals surface area contributed by atoms with Gasteiger partial charge in [-0.1, -0.05) is 12.8 Å². The topological polar surface area (TPSA) is 80.2 Å². The SMILES string of the molecule is Cc1ncc(-c2nc(N3CCCCCC3)nc(N3CCOCC3)n2)c(C)n1. The third-order valence-electron chi connectivity index (χ3n) is 5.14. The largest absolute Gasteiger partial charge is 0.378 e. The normalized spacial score (nSPS) is 18.4. The van der Waals surface area contributed by atoms with Crippen LogP contribution in [0.5, 0.6) is 0 Å². The maximum Gasteiger partial charge on any atom is 0.230 e. The predicted molar refractivity (Wildman–Crippen MR) is 104 cm³/mol. The molecule has 0 aromatic carbocycles. The highest BCUT2D eigenvalue weighted by Gasteiger charge is 2.21. The Hall–Kier alpha value is -2.35. The lowest BCUT2D eigenvalue weighted by molar-refractivity contribution is 0.122. The molecule has 0 atom stereocenters. The molecule has 2 aromatic rings. The van der Waals surface area contributed by atoms with Crippen molar-refractivity contribution in [2.75, 3.05) is 49.2 Å². The quantitative estimate of drug-likeness (QED) is 0.814. The molecule has 27 heavy (non-hydrogen) atoms. The standard InChI is InChI=1S/C19H27N7O/c1-14-16(13-20-15(2)21-14)17-22-18(25-7-5-3-4-6-8-25)24-19(23-17)26-9-11-27-12-10-26/h13H,3-12H2,1-2H3. The van der Waals surface area contributed by atoms with Crippen LogP contribution in [0.1, 0.15) is 37.2 Å². The molecule has 0 saturated carbocycles. The lowest BCUT2D eigenvalue weighted by atomic mass is 10.2. The summed E-state index contributed by atoms with van der Waals surface area (Å²) < 4.78 is 5.49. The maximum absolute atomic E-state index is 5.49. The zero-order chi connectivity index (χ0) is 18.6. The van der Waals surface area contributed by atoms with Crippen LogP contribution in [0.2, 0.25) is 0 Å². The highest BCUT2D eigenvalue weighted by atomic mass is 16.5. The van der Waals surface area contributed by atoms with E-state index in [1.54, 1.807) is 0 Å². The predicted octanol–water partition coefficient (Wildman–Crippen LogP) is 2.16. The summed E-state index contributed by atoms with van der Waals surface area (Å²) in [5, 5.41) is 0. The molecule has 0 N–H and O–H groups in total. The second kappa shape index (κ2) is 8.12. The maximum atomic E-state index is 5.49. The number of morpholine rings is 1. The Balaban J connectivity index is 1.75. The van der Waals surface area contributed by atoms with E-state index in [1.165, 1.54) is 25.7 Å². The molecule has 2 aromatic heterocycles. The number of ether oxygens (including phenoxy) is 1. The molecule has 8 nitrogen and oxygen atoms in total. The van der Waals surface area contributed by atoms with Crippen molar-refractivity contribution in [1.82, 2.24) is 24.9 Å². The fraction of sp³-hybridized carbons (Fsp3) is 0.632. The van der Waals surface area contributed by atoms with Gasteiger partial charge in [-0.05, 0) is 26.7 Å². The Morgan fingerprint density at radius 3 is 2.04 bits per heavy atom. The number of nitrogens with zero attached hydrogens (tertiary/aromatic N) is 7. The summed E-state index contributed by atoms with van der Waals surface area (Å²) in [6.45, 7) is 8.86. The molecule has 0 spiro atoms. The molecule has 2 aliphatic heterocycles. The lowest BCUT2D eigenvalue weighted by Gasteiger charge is -2.28. The molecule has 0 aliphatic carbocycles. The number of anilines is 2. The average Bonchev–Trinajstić information content (AvgIpc) is 2.98. The second-order valence-corrected chi connectivity index (χ2v) is 7.18. The molecule has 0 bridgehead atoms. The van der Waals surface area contributed by atoms with Gasteiger partial charge < -0.3 is 14.5 Å².